The molecule has 3 aliphatic carbocycles. The lowest BCUT2D eigenvalue weighted by atomic mass is 9.63. The highest BCUT2D eigenvalue weighted by Crippen LogP contribution is 2.49. The van der Waals surface area contributed by atoms with Crippen molar-refractivity contribution < 1.29 is 19.1 Å². The number of hydrogen-bond donors (Lipinski definition) is 0. The molecule has 2 fully saturated rings. The predicted molar refractivity (Wildman–Crippen MR) is 84.3 cm³/mol. The topological polar surface area (TPSA) is 68.2 Å². The van der Waals surface area contributed by atoms with Gasteiger partial charge >= 0.3 is 0 Å². The van der Waals surface area contributed by atoms with Crippen LogP contribution < -0.4 is 9.47 Å². The molecule has 2 bridgehead atoms. The van der Waals surface area contributed by atoms with Crippen LogP contribution in [0.4, 0.5) is 0 Å². The Hall–Kier alpha value is -2.63. The third kappa shape index (κ3) is 1.85. The second kappa shape index (κ2) is 4.93. The van der Waals surface area contributed by atoms with E-state index in [4.69, 9.17) is 9.47 Å². The summed E-state index contributed by atoms with van der Waals surface area (Å²) in [7, 11) is 0. The van der Waals surface area contributed by atoms with Gasteiger partial charge in [0.25, 0.3) is 11.8 Å². The van der Waals surface area contributed by atoms with Crippen LogP contribution in [0.2, 0.25) is 0 Å². The summed E-state index contributed by atoms with van der Waals surface area (Å²) in [6.45, 7) is 0.207. The molecule has 6 rings (SSSR count). The molecular weight excluding hydrogens is 308 g/mol. The van der Waals surface area contributed by atoms with Gasteiger partial charge < -0.3 is 9.47 Å². The van der Waals surface area contributed by atoms with Crippen LogP contribution >= 0.6 is 0 Å². The molecule has 2 heterocycles. The van der Waals surface area contributed by atoms with E-state index < -0.39 is 0 Å². The van der Waals surface area contributed by atoms with Gasteiger partial charge in [0.2, 0.25) is 6.79 Å². The molecule has 0 N–H and O–H groups in total. The summed E-state index contributed by atoms with van der Waals surface area (Å²) in [5.41, 5.74) is 0.760. The van der Waals surface area contributed by atoms with Crippen molar-refractivity contribution in [1.29, 1.82) is 0 Å². The quantitative estimate of drug-likeness (QED) is 0.474. The lowest BCUT2D eigenvalue weighted by Gasteiger charge is -2.37. The van der Waals surface area contributed by atoms with Gasteiger partial charge in [-0.1, -0.05) is 12.2 Å². The second-order valence-electron chi connectivity index (χ2n) is 6.69. The predicted octanol–water partition coefficient (Wildman–Crippen LogP) is 1.95. The minimum Gasteiger partial charge on any atom is -0.454 e. The van der Waals surface area contributed by atoms with Gasteiger partial charge in [-0.25, -0.2) is 0 Å². The monoisotopic (exact) mass is 324 g/mol. The SMILES string of the molecule is O=C1[C@@H]2[C@@H](C(=O)N1/N=C\c1ccc3c(c1)OCO3)[C@@H]1C=C[C@@H]2CC1. The first-order valence-corrected chi connectivity index (χ1v) is 8.22. The lowest BCUT2D eigenvalue weighted by Crippen LogP contribution is -2.38. The normalized spacial score (nSPS) is 32.9. The fourth-order valence-corrected chi connectivity index (χ4v) is 4.29. The maximum atomic E-state index is 12.7. The third-order valence-corrected chi connectivity index (χ3v) is 5.45. The van der Waals surface area contributed by atoms with Crippen molar-refractivity contribution in [3.05, 3.63) is 35.9 Å². The lowest BCUT2D eigenvalue weighted by molar-refractivity contribution is -0.140. The molecule has 0 spiro atoms. The Morgan fingerprint density at radius 3 is 2.33 bits per heavy atom. The van der Waals surface area contributed by atoms with Gasteiger partial charge in [-0.3, -0.25) is 9.59 Å². The molecule has 24 heavy (non-hydrogen) atoms. The Kier molecular flexibility index (Phi) is 2.83. The molecule has 122 valence electrons. The summed E-state index contributed by atoms with van der Waals surface area (Å²) in [4.78, 5) is 25.3. The maximum Gasteiger partial charge on any atom is 0.254 e. The van der Waals surface area contributed by atoms with E-state index >= 15 is 0 Å². The number of ether oxygens (including phenoxy) is 2. The Morgan fingerprint density at radius 2 is 1.67 bits per heavy atom. The van der Waals surface area contributed by atoms with Gasteiger partial charge in [0.05, 0.1) is 18.1 Å². The molecule has 5 aliphatic rings. The van der Waals surface area contributed by atoms with Crippen LogP contribution in [0.25, 0.3) is 0 Å². The van der Waals surface area contributed by atoms with Crippen LogP contribution in [0.15, 0.2) is 35.5 Å². The summed E-state index contributed by atoms with van der Waals surface area (Å²) in [6, 6.07) is 5.40. The molecule has 0 radical (unpaired) electrons. The summed E-state index contributed by atoms with van der Waals surface area (Å²) in [5.74, 6) is 0.917. The van der Waals surface area contributed by atoms with Crippen LogP contribution in [0.5, 0.6) is 11.5 Å². The highest BCUT2D eigenvalue weighted by molar-refractivity contribution is 6.06. The number of imide groups is 1. The van der Waals surface area contributed by atoms with E-state index in [9.17, 15) is 9.59 Å². The molecule has 6 heteroatoms. The summed E-state index contributed by atoms with van der Waals surface area (Å²) in [5, 5.41) is 5.25. The minimum atomic E-state index is -0.227. The summed E-state index contributed by atoms with van der Waals surface area (Å²) in [6.07, 6.45) is 7.71. The Balaban J connectivity index is 1.42. The van der Waals surface area contributed by atoms with Gasteiger partial charge in [-0.05, 0) is 48.4 Å². The van der Waals surface area contributed by atoms with E-state index in [1.807, 2.05) is 6.07 Å². The van der Waals surface area contributed by atoms with Crippen molar-refractivity contribution in [2.75, 3.05) is 6.79 Å². The van der Waals surface area contributed by atoms with E-state index in [2.05, 4.69) is 17.3 Å². The van der Waals surface area contributed by atoms with Crippen LogP contribution in [-0.4, -0.2) is 29.8 Å². The van der Waals surface area contributed by atoms with E-state index in [0.717, 1.165) is 23.4 Å². The Morgan fingerprint density at radius 1 is 1.00 bits per heavy atom. The fourth-order valence-electron chi connectivity index (χ4n) is 4.29. The highest BCUT2D eigenvalue weighted by Gasteiger charge is 2.56. The number of allylic oxidation sites excluding steroid dienone is 2. The summed E-state index contributed by atoms with van der Waals surface area (Å²) >= 11 is 0. The number of amides is 2. The van der Waals surface area contributed by atoms with Crippen LogP contribution in [0.1, 0.15) is 18.4 Å². The van der Waals surface area contributed by atoms with Crippen molar-refractivity contribution in [1.82, 2.24) is 5.01 Å². The standard InChI is InChI=1S/C18H16N2O4/c21-17-15-11-2-3-12(5-4-11)16(15)18(22)20(17)19-8-10-1-6-13-14(7-10)24-9-23-13/h1-3,6-8,11-12,15-16H,4-5,9H2/b19-8-/t11-,12-,15+,16+/m1/s1. The number of hydrazone groups is 1. The van der Waals surface area contributed by atoms with E-state index in [1.165, 1.54) is 6.21 Å². The van der Waals surface area contributed by atoms with Gasteiger partial charge in [0.1, 0.15) is 0 Å². The first kappa shape index (κ1) is 13.8. The molecule has 1 aromatic rings. The highest BCUT2D eigenvalue weighted by atomic mass is 16.7. The first-order valence-electron chi connectivity index (χ1n) is 8.22. The van der Waals surface area contributed by atoms with Crippen LogP contribution in [0.3, 0.4) is 0 Å². The van der Waals surface area contributed by atoms with Crippen molar-refractivity contribution in [2.45, 2.75) is 12.8 Å². The second-order valence-corrected chi connectivity index (χ2v) is 6.69. The molecular formula is C18H16N2O4. The number of fused-ring (bicyclic) bond motifs is 2. The zero-order valence-electron chi connectivity index (χ0n) is 12.9. The Bertz CT molecular complexity index is 768. The number of carbonyl (C=O) groups excluding carboxylic acids is 2. The zero-order chi connectivity index (χ0) is 16.3. The smallest absolute Gasteiger partial charge is 0.254 e. The number of rotatable bonds is 2. The molecule has 2 aliphatic heterocycles. The number of hydrogen-bond acceptors (Lipinski definition) is 5. The molecule has 1 aromatic carbocycles. The van der Waals surface area contributed by atoms with Crippen molar-refractivity contribution in [3.63, 3.8) is 0 Å². The molecule has 6 nitrogen and oxygen atoms in total. The average molecular weight is 324 g/mol. The first-order chi connectivity index (χ1) is 11.7. The van der Waals surface area contributed by atoms with E-state index in [1.54, 1.807) is 12.1 Å². The van der Waals surface area contributed by atoms with Gasteiger partial charge in [0.15, 0.2) is 11.5 Å². The van der Waals surface area contributed by atoms with Gasteiger partial charge in [0, 0.05) is 0 Å². The Labute approximate surface area is 138 Å². The van der Waals surface area contributed by atoms with E-state index in [-0.39, 0.29) is 42.3 Å². The largest absolute Gasteiger partial charge is 0.454 e. The van der Waals surface area contributed by atoms with Crippen LogP contribution in [-0.2, 0) is 9.59 Å². The van der Waals surface area contributed by atoms with Crippen molar-refractivity contribution in [2.24, 2.45) is 28.8 Å². The van der Waals surface area contributed by atoms with Crippen molar-refractivity contribution >= 4 is 18.0 Å². The third-order valence-electron chi connectivity index (χ3n) is 5.45. The zero-order valence-corrected chi connectivity index (χ0v) is 12.9. The number of benzene rings is 1. The van der Waals surface area contributed by atoms with Crippen LogP contribution in [0, 0.1) is 23.7 Å². The van der Waals surface area contributed by atoms with Gasteiger partial charge in [-0.15, -0.1) is 0 Å². The molecule has 1 saturated carbocycles. The van der Waals surface area contributed by atoms with Gasteiger partial charge in [-0.2, -0.15) is 10.1 Å². The molecule has 1 saturated heterocycles. The van der Waals surface area contributed by atoms with Crippen molar-refractivity contribution in [3.8, 4) is 11.5 Å². The molecule has 4 atom stereocenters. The molecule has 0 aromatic heterocycles. The number of carbonyl (C=O) groups is 2. The number of nitrogens with zero attached hydrogens (tertiary/aromatic N) is 2. The average Bonchev–Trinajstić information content (AvgIpc) is 3.18. The molecule has 2 amide bonds. The molecule has 0 unspecified atom stereocenters. The minimum absolute atomic E-state index is 0.166. The maximum absolute atomic E-state index is 12.7. The fraction of sp³-hybridized carbons (Fsp3) is 0.389. The van der Waals surface area contributed by atoms with E-state index in [0.29, 0.717) is 11.5 Å². The summed E-state index contributed by atoms with van der Waals surface area (Å²) < 4.78 is 10.6.